The molecule has 8 nitrogen and oxygen atoms in total. The van der Waals surface area contributed by atoms with E-state index in [1.165, 1.54) is 0 Å². The summed E-state index contributed by atoms with van der Waals surface area (Å²) in [6, 6.07) is 14.6. The maximum atomic E-state index is 11.9. The second-order valence-electron chi connectivity index (χ2n) is 5.90. The average molecular weight is 382 g/mol. The number of H-pyrrole nitrogens is 1. The number of rotatable bonds is 9. The fourth-order valence-electron chi connectivity index (χ4n) is 2.47. The molecule has 0 saturated heterocycles. The van der Waals surface area contributed by atoms with Gasteiger partial charge in [0.15, 0.2) is 12.4 Å². The van der Waals surface area contributed by atoms with Crippen LogP contribution in [0.2, 0.25) is 0 Å². The zero-order valence-corrected chi connectivity index (χ0v) is 15.8. The van der Waals surface area contributed by atoms with Gasteiger partial charge in [-0.1, -0.05) is 0 Å². The lowest BCUT2D eigenvalue weighted by molar-refractivity contribution is -0.123. The topological polar surface area (TPSA) is 98.4 Å². The number of nitrogens with zero attached hydrogens (tertiary/aromatic N) is 2. The molecular formula is C20H22N4O4. The molecule has 1 heterocycles. The number of ether oxygens (including phenoxy) is 3. The van der Waals surface area contributed by atoms with Gasteiger partial charge in [-0.15, -0.1) is 0 Å². The summed E-state index contributed by atoms with van der Waals surface area (Å²) >= 11 is 0. The highest BCUT2D eigenvalue weighted by molar-refractivity contribution is 5.77. The Labute approximate surface area is 162 Å². The van der Waals surface area contributed by atoms with E-state index in [1.807, 2.05) is 24.3 Å². The van der Waals surface area contributed by atoms with Crippen LogP contribution in [0.25, 0.3) is 11.4 Å². The van der Waals surface area contributed by atoms with Crippen LogP contribution in [0.4, 0.5) is 0 Å². The van der Waals surface area contributed by atoms with Crippen LogP contribution in [0.5, 0.6) is 17.2 Å². The number of methoxy groups -OCH3 is 2. The Morgan fingerprint density at radius 1 is 0.964 bits per heavy atom. The third kappa shape index (κ3) is 5.23. The van der Waals surface area contributed by atoms with E-state index >= 15 is 0 Å². The van der Waals surface area contributed by atoms with Gasteiger partial charge >= 0.3 is 0 Å². The van der Waals surface area contributed by atoms with E-state index in [-0.39, 0.29) is 12.5 Å². The molecule has 0 atom stereocenters. The molecule has 3 aromatic rings. The quantitative estimate of drug-likeness (QED) is 0.589. The van der Waals surface area contributed by atoms with Gasteiger partial charge in [0.1, 0.15) is 23.1 Å². The van der Waals surface area contributed by atoms with Gasteiger partial charge in [0.25, 0.3) is 5.91 Å². The molecule has 0 spiro atoms. The number of carbonyl (C=O) groups is 1. The minimum absolute atomic E-state index is 0.0557. The minimum atomic E-state index is -0.203. The number of hydrogen-bond donors (Lipinski definition) is 2. The second kappa shape index (κ2) is 9.40. The van der Waals surface area contributed by atoms with Crippen LogP contribution in [0.3, 0.4) is 0 Å². The number of amides is 1. The smallest absolute Gasteiger partial charge is 0.257 e. The van der Waals surface area contributed by atoms with Crippen LogP contribution in [0.15, 0.2) is 48.5 Å². The molecule has 0 fully saturated rings. The van der Waals surface area contributed by atoms with Gasteiger partial charge in [-0.2, -0.15) is 5.10 Å². The Hall–Kier alpha value is -3.55. The van der Waals surface area contributed by atoms with Crippen LogP contribution in [0.1, 0.15) is 5.82 Å². The first-order chi connectivity index (χ1) is 13.7. The Bertz CT molecular complexity index is 891. The van der Waals surface area contributed by atoms with Crippen LogP contribution in [-0.2, 0) is 11.2 Å². The summed E-state index contributed by atoms with van der Waals surface area (Å²) < 4.78 is 15.7. The van der Waals surface area contributed by atoms with Crippen molar-refractivity contribution in [2.45, 2.75) is 6.42 Å². The number of nitrogens with one attached hydrogen (secondary N) is 2. The molecule has 3 rings (SSSR count). The highest BCUT2D eigenvalue weighted by atomic mass is 16.5. The predicted octanol–water partition coefficient (Wildman–Crippen LogP) is 2.23. The van der Waals surface area contributed by atoms with Gasteiger partial charge in [0.05, 0.1) is 14.2 Å². The fourth-order valence-corrected chi connectivity index (χ4v) is 2.47. The molecule has 0 radical (unpaired) electrons. The van der Waals surface area contributed by atoms with E-state index in [0.29, 0.717) is 30.4 Å². The Kier molecular flexibility index (Phi) is 6.46. The summed E-state index contributed by atoms with van der Waals surface area (Å²) in [5, 5.41) is 9.89. The average Bonchev–Trinajstić information content (AvgIpc) is 3.21. The molecule has 0 bridgehead atoms. The molecule has 1 aromatic heterocycles. The first kappa shape index (κ1) is 19.2. The normalized spacial score (nSPS) is 10.4. The SMILES string of the molecule is COc1ccc(OCC(=O)NCCc2nc(-c3ccc(OC)cc3)n[nH]2)cc1. The summed E-state index contributed by atoms with van der Waals surface area (Å²) in [6.07, 6.45) is 0.539. The van der Waals surface area contributed by atoms with E-state index in [2.05, 4.69) is 20.5 Å². The molecule has 1 amide bonds. The van der Waals surface area contributed by atoms with Crippen molar-refractivity contribution in [3.8, 4) is 28.6 Å². The predicted molar refractivity (Wildman–Crippen MR) is 104 cm³/mol. The molecule has 146 valence electrons. The van der Waals surface area contributed by atoms with E-state index in [1.54, 1.807) is 38.5 Å². The monoisotopic (exact) mass is 382 g/mol. The molecule has 2 N–H and O–H groups in total. The summed E-state index contributed by atoms with van der Waals surface area (Å²) in [5.74, 6) is 3.21. The van der Waals surface area contributed by atoms with Crippen LogP contribution < -0.4 is 19.5 Å². The molecule has 0 aliphatic carbocycles. The van der Waals surface area contributed by atoms with Crippen molar-refractivity contribution in [2.75, 3.05) is 27.4 Å². The first-order valence-electron chi connectivity index (χ1n) is 8.77. The molecule has 0 saturated carbocycles. The minimum Gasteiger partial charge on any atom is -0.497 e. The first-order valence-corrected chi connectivity index (χ1v) is 8.77. The fraction of sp³-hybridized carbons (Fsp3) is 0.250. The number of aromatic nitrogens is 3. The van der Waals surface area contributed by atoms with Crippen molar-refractivity contribution >= 4 is 5.91 Å². The molecule has 2 aromatic carbocycles. The van der Waals surface area contributed by atoms with Gasteiger partial charge in [-0.05, 0) is 48.5 Å². The van der Waals surface area contributed by atoms with Gasteiger partial charge in [-0.25, -0.2) is 4.98 Å². The van der Waals surface area contributed by atoms with Crippen molar-refractivity contribution in [3.05, 3.63) is 54.4 Å². The Morgan fingerprint density at radius 2 is 1.57 bits per heavy atom. The van der Waals surface area contributed by atoms with Gasteiger partial charge in [-0.3, -0.25) is 9.89 Å². The number of hydrogen-bond acceptors (Lipinski definition) is 6. The third-order valence-electron chi connectivity index (χ3n) is 3.99. The van der Waals surface area contributed by atoms with Crippen molar-refractivity contribution < 1.29 is 19.0 Å². The summed E-state index contributed by atoms with van der Waals surface area (Å²) in [7, 11) is 3.22. The zero-order valence-electron chi connectivity index (χ0n) is 15.8. The highest BCUT2D eigenvalue weighted by Gasteiger charge is 2.08. The molecule has 28 heavy (non-hydrogen) atoms. The van der Waals surface area contributed by atoms with Crippen LogP contribution in [-0.4, -0.2) is 48.5 Å². The maximum Gasteiger partial charge on any atom is 0.257 e. The largest absolute Gasteiger partial charge is 0.497 e. The standard InChI is InChI=1S/C20H22N4O4/c1-26-15-5-3-14(4-6-15)20-22-18(23-24-20)11-12-21-19(25)13-28-17-9-7-16(27-2)8-10-17/h3-10H,11-13H2,1-2H3,(H,21,25)(H,22,23,24). The molecule has 8 heteroatoms. The summed E-state index contributed by atoms with van der Waals surface area (Å²) in [5.41, 5.74) is 0.889. The van der Waals surface area contributed by atoms with Crippen LogP contribution >= 0.6 is 0 Å². The van der Waals surface area contributed by atoms with E-state index in [0.717, 1.165) is 17.1 Å². The Morgan fingerprint density at radius 3 is 2.21 bits per heavy atom. The summed E-state index contributed by atoms with van der Waals surface area (Å²) in [6.45, 7) is 0.377. The van der Waals surface area contributed by atoms with E-state index in [4.69, 9.17) is 14.2 Å². The van der Waals surface area contributed by atoms with E-state index in [9.17, 15) is 4.79 Å². The van der Waals surface area contributed by atoms with E-state index < -0.39 is 0 Å². The second-order valence-corrected chi connectivity index (χ2v) is 5.90. The van der Waals surface area contributed by atoms with Gasteiger partial charge < -0.3 is 19.5 Å². The highest BCUT2D eigenvalue weighted by Crippen LogP contribution is 2.19. The number of carbonyl (C=O) groups excluding carboxylic acids is 1. The number of benzene rings is 2. The number of aromatic amines is 1. The van der Waals surface area contributed by atoms with Crippen molar-refractivity contribution in [3.63, 3.8) is 0 Å². The lowest BCUT2D eigenvalue weighted by atomic mass is 10.2. The van der Waals surface area contributed by atoms with Crippen LogP contribution in [0, 0.1) is 0 Å². The zero-order chi connectivity index (χ0) is 19.8. The Balaban J connectivity index is 1.41. The summed E-state index contributed by atoms with van der Waals surface area (Å²) in [4.78, 5) is 16.3. The molecular weight excluding hydrogens is 360 g/mol. The molecule has 0 aliphatic heterocycles. The van der Waals surface area contributed by atoms with Crippen molar-refractivity contribution in [1.82, 2.24) is 20.5 Å². The van der Waals surface area contributed by atoms with Crippen molar-refractivity contribution in [2.24, 2.45) is 0 Å². The van der Waals surface area contributed by atoms with Gasteiger partial charge in [0.2, 0.25) is 0 Å². The molecule has 0 aliphatic rings. The lowest BCUT2D eigenvalue weighted by Crippen LogP contribution is -2.30. The van der Waals surface area contributed by atoms with Crippen molar-refractivity contribution in [1.29, 1.82) is 0 Å². The molecule has 0 unspecified atom stereocenters. The lowest BCUT2D eigenvalue weighted by Gasteiger charge is -2.07. The van der Waals surface area contributed by atoms with Gasteiger partial charge in [0, 0.05) is 18.5 Å². The third-order valence-corrected chi connectivity index (χ3v) is 3.99. The maximum absolute atomic E-state index is 11.9.